The van der Waals surface area contributed by atoms with Gasteiger partial charge in [0.1, 0.15) is 5.75 Å². The molecule has 1 amide bonds. The Balaban J connectivity index is 1.72. The molecule has 0 spiro atoms. The summed E-state index contributed by atoms with van der Waals surface area (Å²) in [5.41, 5.74) is 2.36. The summed E-state index contributed by atoms with van der Waals surface area (Å²) < 4.78 is 5.10. The number of fused-ring (bicyclic) bond motifs is 1. The van der Waals surface area contributed by atoms with E-state index in [0.29, 0.717) is 12.1 Å². The maximum Gasteiger partial charge on any atom is 0.253 e. The first-order valence-electron chi connectivity index (χ1n) is 6.61. The van der Waals surface area contributed by atoms with Crippen molar-refractivity contribution in [1.29, 1.82) is 0 Å². The van der Waals surface area contributed by atoms with Crippen molar-refractivity contribution in [3.05, 3.63) is 59.8 Å². The Morgan fingerprint density at radius 2 is 2.05 bits per heavy atom. The minimum absolute atomic E-state index is 0.124. The summed E-state index contributed by atoms with van der Waals surface area (Å²) in [6.07, 6.45) is 1.70. The number of carbonyl (C=O) groups is 1. The van der Waals surface area contributed by atoms with Crippen molar-refractivity contribution in [3.63, 3.8) is 0 Å². The maximum atomic E-state index is 12.3. The van der Waals surface area contributed by atoms with Gasteiger partial charge < -0.3 is 10.1 Å². The summed E-state index contributed by atoms with van der Waals surface area (Å²) >= 11 is 0. The summed E-state index contributed by atoms with van der Waals surface area (Å²) in [6.45, 7) is 0.466. The maximum absolute atomic E-state index is 12.3. The van der Waals surface area contributed by atoms with Crippen molar-refractivity contribution in [2.75, 3.05) is 7.11 Å². The van der Waals surface area contributed by atoms with Gasteiger partial charge in [0.25, 0.3) is 5.91 Å². The van der Waals surface area contributed by atoms with E-state index < -0.39 is 0 Å². The lowest BCUT2D eigenvalue weighted by molar-refractivity contribution is 0.0952. The van der Waals surface area contributed by atoms with Gasteiger partial charge in [0.05, 0.1) is 24.4 Å². The van der Waals surface area contributed by atoms with Crippen molar-refractivity contribution in [3.8, 4) is 5.75 Å². The molecule has 0 aliphatic heterocycles. The highest BCUT2D eigenvalue weighted by Gasteiger charge is 2.10. The number of H-pyrrole nitrogens is 1. The number of para-hydroxylation sites is 1. The number of nitrogens with one attached hydrogen (secondary N) is 2. The molecule has 106 valence electrons. The zero-order valence-corrected chi connectivity index (χ0v) is 11.6. The highest BCUT2D eigenvalue weighted by molar-refractivity contribution is 6.05. The Kier molecular flexibility index (Phi) is 3.55. The van der Waals surface area contributed by atoms with Crippen LogP contribution in [0.5, 0.6) is 5.75 Å². The number of hydrogen-bond donors (Lipinski definition) is 2. The number of amides is 1. The first-order chi connectivity index (χ1) is 10.3. The minimum atomic E-state index is -0.124. The predicted molar refractivity (Wildman–Crippen MR) is 80.3 cm³/mol. The molecule has 5 heteroatoms. The molecule has 0 bridgehead atoms. The van der Waals surface area contributed by atoms with Crippen LogP contribution in [0.1, 0.15) is 15.9 Å². The van der Waals surface area contributed by atoms with E-state index in [2.05, 4.69) is 15.5 Å². The lowest BCUT2D eigenvalue weighted by Crippen LogP contribution is -2.23. The molecule has 0 aliphatic rings. The van der Waals surface area contributed by atoms with Gasteiger partial charge in [0.15, 0.2) is 0 Å². The molecule has 5 nitrogen and oxygen atoms in total. The molecule has 1 aromatic heterocycles. The molecule has 2 N–H and O–H groups in total. The zero-order chi connectivity index (χ0) is 14.7. The van der Waals surface area contributed by atoms with Crippen LogP contribution in [0.3, 0.4) is 0 Å². The van der Waals surface area contributed by atoms with Crippen molar-refractivity contribution in [1.82, 2.24) is 15.5 Å². The van der Waals surface area contributed by atoms with Crippen LogP contribution in [0, 0.1) is 0 Å². The normalized spacial score (nSPS) is 10.5. The number of benzene rings is 2. The van der Waals surface area contributed by atoms with Crippen LogP contribution >= 0.6 is 0 Å². The summed E-state index contributed by atoms with van der Waals surface area (Å²) in [5.74, 6) is 0.674. The number of hydrogen-bond acceptors (Lipinski definition) is 3. The van der Waals surface area contributed by atoms with Crippen LogP contribution in [0.25, 0.3) is 10.9 Å². The molecule has 0 fully saturated rings. The number of ether oxygens (including phenoxy) is 1. The van der Waals surface area contributed by atoms with E-state index in [4.69, 9.17) is 4.74 Å². The van der Waals surface area contributed by atoms with E-state index in [1.807, 2.05) is 36.4 Å². The average molecular weight is 281 g/mol. The van der Waals surface area contributed by atoms with Gasteiger partial charge in [0, 0.05) is 11.9 Å². The molecule has 0 radical (unpaired) electrons. The van der Waals surface area contributed by atoms with Crippen molar-refractivity contribution in [2.24, 2.45) is 0 Å². The standard InChI is InChI=1S/C16H15N3O2/c1-21-13-7-5-11(6-8-13)9-17-16(20)14-4-2-3-12-10-18-19-15(12)14/h2-8,10H,9H2,1H3,(H,17,20)(H,18,19). The Bertz CT molecular complexity index is 763. The smallest absolute Gasteiger partial charge is 0.253 e. The van der Waals surface area contributed by atoms with Crippen LogP contribution in [-0.4, -0.2) is 23.2 Å². The van der Waals surface area contributed by atoms with Crippen molar-refractivity contribution in [2.45, 2.75) is 6.54 Å². The number of aromatic nitrogens is 2. The van der Waals surface area contributed by atoms with Gasteiger partial charge in [0.2, 0.25) is 0 Å². The van der Waals surface area contributed by atoms with Crippen LogP contribution in [0.4, 0.5) is 0 Å². The van der Waals surface area contributed by atoms with Crippen molar-refractivity contribution < 1.29 is 9.53 Å². The van der Waals surface area contributed by atoms with Gasteiger partial charge in [-0.05, 0) is 23.8 Å². The molecule has 3 rings (SSSR count). The Labute approximate surface area is 121 Å². The molecule has 2 aromatic carbocycles. The van der Waals surface area contributed by atoms with E-state index >= 15 is 0 Å². The molecule has 1 heterocycles. The average Bonchev–Trinajstić information content (AvgIpc) is 3.01. The van der Waals surface area contributed by atoms with Crippen LogP contribution < -0.4 is 10.1 Å². The van der Waals surface area contributed by atoms with Crippen molar-refractivity contribution >= 4 is 16.8 Å². The molecule has 0 atom stereocenters. The Morgan fingerprint density at radius 1 is 1.24 bits per heavy atom. The number of methoxy groups -OCH3 is 1. The fourth-order valence-corrected chi connectivity index (χ4v) is 2.18. The van der Waals surface area contributed by atoms with Gasteiger partial charge in [-0.3, -0.25) is 9.89 Å². The second-order valence-corrected chi connectivity index (χ2v) is 4.67. The lowest BCUT2D eigenvalue weighted by atomic mass is 10.1. The van der Waals surface area contributed by atoms with E-state index in [0.717, 1.165) is 22.2 Å². The highest BCUT2D eigenvalue weighted by atomic mass is 16.5. The summed E-state index contributed by atoms with van der Waals surface area (Å²) in [6, 6.07) is 13.1. The SMILES string of the molecule is COc1ccc(CNC(=O)c2cccc3cn[nH]c23)cc1. The molecule has 0 saturated carbocycles. The topological polar surface area (TPSA) is 67.0 Å². The second-order valence-electron chi connectivity index (χ2n) is 4.67. The Hall–Kier alpha value is -2.82. The predicted octanol–water partition coefficient (Wildman–Crippen LogP) is 2.50. The summed E-state index contributed by atoms with van der Waals surface area (Å²) in [4.78, 5) is 12.3. The zero-order valence-electron chi connectivity index (χ0n) is 11.6. The first-order valence-corrected chi connectivity index (χ1v) is 6.61. The molecular weight excluding hydrogens is 266 g/mol. The third-order valence-electron chi connectivity index (χ3n) is 3.33. The van der Waals surface area contributed by atoms with E-state index in [1.54, 1.807) is 19.4 Å². The second kappa shape index (κ2) is 5.66. The fourth-order valence-electron chi connectivity index (χ4n) is 2.18. The van der Waals surface area contributed by atoms with Gasteiger partial charge in [-0.25, -0.2) is 0 Å². The molecule has 0 aliphatic carbocycles. The molecule has 21 heavy (non-hydrogen) atoms. The summed E-state index contributed by atoms with van der Waals surface area (Å²) in [5, 5.41) is 10.6. The molecule has 0 saturated heterocycles. The first kappa shape index (κ1) is 13.2. The van der Waals surface area contributed by atoms with E-state index in [1.165, 1.54) is 0 Å². The van der Waals surface area contributed by atoms with E-state index in [9.17, 15) is 4.79 Å². The molecule has 3 aromatic rings. The van der Waals surface area contributed by atoms with Gasteiger partial charge in [-0.2, -0.15) is 5.10 Å². The Morgan fingerprint density at radius 3 is 2.81 bits per heavy atom. The van der Waals surface area contributed by atoms with Gasteiger partial charge in [-0.15, -0.1) is 0 Å². The summed E-state index contributed by atoms with van der Waals surface area (Å²) in [7, 11) is 1.63. The third-order valence-corrected chi connectivity index (χ3v) is 3.33. The number of nitrogens with zero attached hydrogens (tertiary/aromatic N) is 1. The van der Waals surface area contributed by atoms with Gasteiger partial charge in [-0.1, -0.05) is 24.3 Å². The number of rotatable bonds is 4. The minimum Gasteiger partial charge on any atom is -0.497 e. The lowest BCUT2D eigenvalue weighted by Gasteiger charge is -2.07. The number of aromatic amines is 1. The van der Waals surface area contributed by atoms with Crippen LogP contribution in [0.2, 0.25) is 0 Å². The van der Waals surface area contributed by atoms with Gasteiger partial charge >= 0.3 is 0 Å². The monoisotopic (exact) mass is 281 g/mol. The van der Waals surface area contributed by atoms with Crippen LogP contribution in [0.15, 0.2) is 48.7 Å². The quantitative estimate of drug-likeness (QED) is 0.772. The number of carbonyl (C=O) groups excluding carboxylic acids is 1. The largest absolute Gasteiger partial charge is 0.497 e. The van der Waals surface area contributed by atoms with Crippen LogP contribution in [-0.2, 0) is 6.54 Å². The third kappa shape index (κ3) is 2.72. The fraction of sp³-hybridized carbons (Fsp3) is 0.125. The highest BCUT2D eigenvalue weighted by Crippen LogP contribution is 2.16. The molecule has 0 unspecified atom stereocenters. The van der Waals surface area contributed by atoms with E-state index in [-0.39, 0.29) is 5.91 Å². The molecular formula is C16H15N3O2.